The summed E-state index contributed by atoms with van der Waals surface area (Å²) in [5, 5.41) is 3.70. The van der Waals surface area contributed by atoms with Crippen LogP contribution in [0.3, 0.4) is 0 Å². The normalized spacial score (nSPS) is 16.5. The Morgan fingerprint density at radius 3 is 2.93 bits per heavy atom. The van der Waals surface area contributed by atoms with Gasteiger partial charge >= 0.3 is 0 Å². The Morgan fingerprint density at radius 2 is 2.43 bits per heavy atom. The minimum atomic E-state index is -0.0440. The summed E-state index contributed by atoms with van der Waals surface area (Å²) in [6.07, 6.45) is 1.31. The van der Waals surface area contributed by atoms with Crippen molar-refractivity contribution in [2.45, 2.75) is 12.8 Å². The van der Waals surface area contributed by atoms with Crippen LogP contribution in [0, 0.1) is 6.92 Å². The lowest BCUT2D eigenvalue weighted by atomic mass is 10.0. The van der Waals surface area contributed by atoms with Crippen molar-refractivity contribution in [1.82, 2.24) is 15.0 Å². The fourth-order valence-corrected chi connectivity index (χ4v) is 1.42. The van der Waals surface area contributed by atoms with E-state index in [-0.39, 0.29) is 11.8 Å². The monoisotopic (exact) mass is 193 g/mol. The van der Waals surface area contributed by atoms with Gasteiger partial charge in [-0.2, -0.15) is 4.98 Å². The summed E-state index contributed by atoms with van der Waals surface area (Å²) in [6.45, 7) is 6.49. The van der Waals surface area contributed by atoms with Gasteiger partial charge in [0.25, 0.3) is 0 Å². The van der Waals surface area contributed by atoms with Crippen molar-refractivity contribution in [3.63, 3.8) is 0 Å². The molecular weight excluding hydrogens is 182 g/mol. The van der Waals surface area contributed by atoms with Crippen molar-refractivity contribution >= 4 is 5.91 Å². The third-order valence-corrected chi connectivity index (χ3v) is 2.26. The van der Waals surface area contributed by atoms with Crippen LogP contribution in [0.25, 0.3) is 0 Å². The molecule has 1 aromatic heterocycles. The molecule has 74 valence electrons. The molecule has 0 radical (unpaired) electrons. The van der Waals surface area contributed by atoms with Crippen LogP contribution in [0.1, 0.15) is 17.6 Å². The molecule has 0 spiro atoms. The molecule has 14 heavy (non-hydrogen) atoms. The van der Waals surface area contributed by atoms with E-state index in [4.69, 9.17) is 4.52 Å². The summed E-state index contributed by atoms with van der Waals surface area (Å²) in [5.41, 5.74) is 0. The molecule has 0 atom stereocenters. The highest BCUT2D eigenvalue weighted by molar-refractivity contribution is 5.87. The van der Waals surface area contributed by atoms with Crippen molar-refractivity contribution < 1.29 is 9.32 Å². The smallest absolute Gasteiger partial charge is 0.246 e. The molecule has 0 N–H and O–H groups in total. The van der Waals surface area contributed by atoms with E-state index in [9.17, 15) is 4.79 Å². The first-order valence-electron chi connectivity index (χ1n) is 4.42. The van der Waals surface area contributed by atoms with Gasteiger partial charge in [-0.05, 0) is 13.0 Å². The summed E-state index contributed by atoms with van der Waals surface area (Å²) >= 11 is 0. The van der Waals surface area contributed by atoms with E-state index < -0.39 is 0 Å². The average Bonchev–Trinajstić information content (AvgIpc) is 2.49. The molecule has 1 saturated heterocycles. The molecule has 5 heteroatoms. The van der Waals surface area contributed by atoms with Crippen LogP contribution in [0.2, 0.25) is 0 Å². The Balaban J connectivity index is 1.95. The Hall–Kier alpha value is -1.65. The lowest BCUT2D eigenvalue weighted by molar-refractivity contribution is -0.130. The van der Waals surface area contributed by atoms with Crippen LogP contribution in [-0.2, 0) is 4.79 Å². The first-order chi connectivity index (χ1) is 6.70. The number of aromatic nitrogens is 2. The Bertz CT molecular complexity index is 366. The van der Waals surface area contributed by atoms with Gasteiger partial charge in [0.15, 0.2) is 5.82 Å². The maximum absolute atomic E-state index is 11.1. The van der Waals surface area contributed by atoms with Crippen LogP contribution in [0.5, 0.6) is 0 Å². The average molecular weight is 193 g/mol. The number of carbonyl (C=O) groups is 1. The van der Waals surface area contributed by atoms with E-state index >= 15 is 0 Å². The topological polar surface area (TPSA) is 59.2 Å². The molecule has 1 fully saturated rings. The van der Waals surface area contributed by atoms with Gasteiger partial charge in [-0.25, -0.2) is 0 Å². The molecule has 1 amide bonds. The largest absolute Gasteiger partial charge is 0.339 e. The number of amides is 1. The van der Waals surface area contributed by atoms with Gasteiger partial charge in [0.05, 0.1) is 5.92 Å². The second-order valence-electron chi connectivity index (χ2n) is 3.32. The summed E-state index contributed by atoms with van der Waals surface area (Å²) in [7, 11) is 0. The molecule has 5 nitrogen and oxygen atoms in total. The molecule has 0 saturated carbocycles. The SMILES string of the molecule is C=CC(=O)N1CC(c2nc(C)no2)C1. The van der Waals surface area contributed by atoms with Crippen LogP contribution < -0.4 is 0 Å². The third-order valence-electron chi connectivity index (χ3n) is 2.26. The number of hydrogen-bond acceptors (Lipinski definition) is 4. The van der Waals surface area contributed by atoms with Crippen molar-refractivity contribution in [1.29, 1.82) is 0 Å². The number of aryl methyl sites for hydroxylation is 1. The Kier molecular flexibility index (Phi) is 2.07. The quantitative estimate of drug-likeness (QED) is 0.641. The zero-order valence-electron chi connectivity index (χ0n) is 7.93. The zero-order chi connectivity index (χ0) is 10.1. The predicted molar refractivity (Wildman–Crippen MR) is 48.6 cm³/mol. The molecule has 0 bridgehead atoms. The van der Waals surface area contributed by atoms with E-state index in [0.29, 0.717) is 24.8 Å². The molecule has 2 heterocycles. The molecule has 0 unspecified atom stereocenters. The highest BCUT2D eigenvalue weighted by Crippen LogP contribution is 2.25. The minimum Gasteiger partial charge on any atom is -0.339 e. The zero-order valence-corrected chi connectivity index (χ0v) is 7.93. The Labute approximate surface area is 81.4 Å². The van der Waals surface area contributed by atoms with Gasteiger partial charge in [0.1, 0.15) is 0 Å². The fraction of sp³-hybridized carbons (Fsp3) is 0.444. The van der Waals surface area contributed by atoms with E-state index in [0.717, 1.165) is 0 Å². The summed E-state index contributed by atoms with van der Waals surface area (Å²) in [6, 6.07) is 0. The molecule has 2 rings (SSSR count). The number of likely N-dealkylation sites (tertiary alicyclic amines) is 1. The first kappa shape index (κ1) is 8.93. The van der Waals surface area contributed by atoms with E-state index in [1.54, 1.807) is 11.8 Å². The van der Waals surface area contributed by atoms with Crippen LogP contribution in [0.4, 0.5) is 0 Å². The molecule has 1 aliphatic rings. The summed E-state index contributed by atoms with van der Waals surface area (Å²) < 4.78 is 5.01. The first-order valence-corrected chi connectivity index (χ1v) is 4.42. The van der Waals surface area contributed by atoms with Crippen molar-refractivity contribution in [3.05, 3.63) is 24.4 Å². The molecular formula is C9H11N3O2. The predicted octanol–water partition coefficient (Wildman–Crippen LogP) is 0.490. The van der Waals surface area contributed by atoms with Crippen molar-refractivity contribution in [3.8, 4) is 0 Å². The minimum absolute atomic E-state index is 0.0440. The second-order valence-corrected chi connectivity index (χ2v) is 3.32. The van der Waals surface area contributed by atoms with Gasteiger partial charge in [0.2, 0.25) is 11.8 Å². The van der Waals surface area contributed by atoms with E-state index in [2.05, 4.69) is 16.7 Å². The number of carbonyl (C=O) groups excluding carboxylic acids is 1. The number of nitrogens with zero attached hydrogens (tertiary/aromatic N) is 3. The molecule has 0 aliphatic carbocycles. The van der Waals surface area contributed by atoms with Crippen LogP contribution in [-0.4, -0.2) is 34.0 Å². The van der Waals surface area contributed by atoms with Crippen LogP contribution >= 0.6 is 0 Å². The lowest BCUT2D eigenvalue weighted by Gasteiger charge is -2.36. The summed E-state index contributed by atoms with van der Waals surface area (Å²) in [5.74, 6) is 1.40. The molecule has 1 aliphatic heterocycles. The van der Waals surface area contributed by atoms with E-state index in [1.807, 2.05) is 0 Å². The van der Waals surface area contributed by atoms with Crippen molar-refractivity contribution in [2.24, 2.45) is 0 Å². The number of hydrogen-bond donors (Lipinski definition) is 0. The Morgan fingerprint density at radius 1 is 1.71 bits per heavy atom. The maximum Gasteiger partial charge on any atom is 0.246 e. The van der Waals surface area contributed by atoms with Crippen molar-refractivity contribution in [2.75, 3.05) is 13.1 Å². The van der Waals surface area contributed by atoms with Gasteiger partial charge < -0.3 is 9.42 Å². The summed E-state index contributed by atoms with van der Waals surface area (Å²) in [4.78, 5) is 16.9. The van der Waals surface area contributed by atoms with Gasteiger partial charge in [0, 0.05) is 13.1 Å². The van der Waals surface area contributed by atoms with Gasteiger partial charge in [-0.3, -0.25) is 4.79 Å². The van der Waals surface area contributed by atoms with Gasteiger partial charge in [-0.1, -0.05) is 11.7 Å². The number of rotatable bonds is 2. The maximum atomic E-state index is 11.1. The second kappa shape index (κ2) is 3.25. The lowest BCUT2D eigenvalue weighted by Crippen LogP contribution is -2.47. The molecule has 1 aromatic rings. The highest BCUT2D eigenvalue weighted by atomic mass is 16.5. The van der Waals surface area contributed by atoms with Gasteiger partial charge in [-0.15, -0.1) is 0 Å². The highest BCUT2D eigenvalue weighted by Gasteiger charge is 2.34. The third kappa shape index (κ3) is 1.41. The molecule has 0 aromatic carbocycles. The van der Waals surface area contributed by atoms with E-state index in [1.165, 1.54) is 6.08 Å². The van der Waals surface area contributed by atoms with Crippen LogP contribution in [0.15, 0.2) is 17.2 Å². The standard InChI is InChI=1S/C9H11N3O2/c1-3-8(13)12-4-7(5-12)9-10-6(2)11-14-9/h3,7H,1,4-5H2,2H3. The fourth-order valence-electron chi connectivity index (χ4n) is 1.42.